The summed E-state index contributed by atoms with van der Waals surface area (Å²) in [7, 11) is 0. The lowest BCUT2D eigenvalue weighted by atomic mass is 10.1. The number of carbonyl (C=O) groups excluding carboxylic acids is 2. The maximum Gasteiger partial charge on any atom is 0.409 e. The van der Waals surface area contributed by atoms with Crippen LogP contribution in [0.25, 0.3) is 0 Å². The number of rotatable bonds is 5. The molecular formula is C16H20Cl2N2O4. The molecule has 8 heteroatoms. The quantitative estimate of drug-likeness (QED) is 0.859. The Hall–Kier alpha value is -1.66. The molecule has 0 atom stereocenters. The van der Waals surface area contributed by atoms with Gasteiger partial charge in [0.25, 0.3) is 5.91 Å². The summed E-state index contributed by atoms with van der Waals surface area (Å²) in [5, 5.41) is 3.78. The van der Waals surface area contributed by atoms with Crippen molar-refractivity contribution in [2.24, 2.45) is 0 Å². The summed E-state index contributed by atoms with van der Waals surface area (Å²) in [6.07, 6.45) is 1.06. The Labute approximate surface area is 151 Å². The number of nitrogens with zero attached hydrogens (tertiary/aromatic N) is 1. The number of hydrogen-bond acceptors (Lipinski definition) is 4. The molecule has 132 valence electrons. The van der Waals surface area contributed by atoms with Crippen molar-refractivity contribution in [3.05, 3.63) is 28.2 Å². The van der Waals surface area contributed by atoms with Crippen LogP contribution in [0.4, 0.5) is 4.79 Å². The zero-order chi connectivity index (χ0) is 17.5. The second-order valence-electron chi connectivity index (χ2n) is 5.39. The molecule has 1 aromatic carbocycles. The summed E-state index contributed by atoms with van der Waals surface area (Å²) in [4.78, 5) is 25.2. The number of likely N-dealkylation sites (tertiary alicyclic amines) is 1. The van der Waals surface area contributed by atoms with Crippen LogP contribution in [0.15, 0.2) is 18.2 Å². The molecule has 6 nitrogen and oxygen atoms in total. The Morgan fingerprint density at radius 1 is 1.29 bits per heavy atom. The van der Waals surface area contributed by atoms with E-state index in [0.717, 1.165) is 0 Å². The topological polar surface area (TPSA) is 67.9 Å². The van der Waals surface area contributed by atoms with E-state index in [4.69, 9.17) is 32.7 Å². The van der Waals surface area contributed by atoms with Gasteiger partial charge in [-0.2, -0.15) is 0 Å². The maximum atomic E-state index is 12.0. The summed E-state index contributed by atoms with van der Waals surface area (Å²) in [5.74, 6) is 0.136. The molecule has 1 saturated heterocycles. The van der Waals surface area contributed by atoms with Gasteiger partial charge in [0.15, 0.2) is 6.61 Å². The zero-order valence-corrected chi connectivity index (χ0v) is 14.9. The molecule has 1 aromatic rings. The van der Waals surface area contributed by atoms with E-state index in [9.17, 15) is 9.59 Å². The highest BCUT2D eigenvalue weighted by Crippen LogP contribution is 2.27. The molecular weight excluding hydrogens is 355 g/mol. The highest BCUT2D eigenvalue weighted by atomic mass is 35.5. The third-order valence-electron chi connectivity index (χ3n) is 3.64. The number of nitrogens with one attached hydrogen (secondary N) is 1. The molecule has 1 aliphatic heterocycles. The van der Waals surface area contributed by atoms with Crippen LogP contribution in [-0.2, 0) is 9.53 Å². The number of ether oxygens (including phenoxy) is 2. The average Bonchev–Trinajstić information content (AvgIpc) is 2.56. The van der Waals surface area contributed by atoms with Gasteiger partial charge in [-0.05, 0) is 31.9 Å². The number of hydrogen-bond donors (Lipinski definition) is 1. The van der Waals surface area contributed by atoms with Gasteiger partial charge >= 0.3 is 6.09 Å². The molecule has 1 heterocycles. The van der Waals surface area contributed by atoms with E-state index >= 15 is 0 Å². The van der Waals surface area contributed by atoms with Crippen LogP contribution in [-0.4, -0.2) is 49.2 Å². The van der Waals surface area contributed by atoms with E-state index in [2.05, 4.69) is 5.32 Å². The van der Waals surface area contributed by atoms with Crippen molar-refractivity contribution in [3.63, 3.8) is 0 Å². The van der Waals surface area contributed by atoms with Crippen molar-refractivity contribution in [2.75, 3.05) is 26.3 Å². The van der Waals surface area contributed by atoms with E-state index in [1.54, 1.807) is 30.0 Å². The number of halogens is 2. The largest absolute Gasteiger partial charge is 0.482 e. The van der Waals surface area contributed by atoms with Gasteiger partial charge in [0, 0.05) is 30.2 Å². The minimum absolute atomic E-state index is 0.0154. The van der Waals surface area contributed by atoms with Crippen LogP contribution in [0.2, 0.25) is 10.0 Å². The molecule has 2 rings (SSSR count). The van der Waals surface area contributed by atoms with Crippen molar-refractivity contribution in [1.29, 1.82) is 0 Å². The van der Waals surface area contributed by atoms with Gasteiger partial charge in [-0.15, -0.1) is 0 Å². The first-order valence-electron chi connectivity index (χ1n) is 7.78. The first-order valence-corrected chi connectivity index (χ1v) is 8.54. The number of benzene rings is 1. The fourth-order valence-corrected chi connectivity index (χ4v) is 2.76. The molecule has 0 saturated carbocycles. The Kier molecular flexibility index (Phi) is 6.99. The van der Waals surface area contributed by atoms with Gasteiger partial charge in [0.2, 0.25) is 0 Å². The lowest BCUT2D eigenvalue weighted by Crippen LogP contribution is -2.47. The van der Waals surface area contributed by atoms with Gasteiger partial charge in [0.1, 0.15) is 5.75 Å². The number of amides is 2. The minimum Gasteiger partial charge on any atom is -0.482 e. The SMILES string of the molecule is CCOC(=O)N1CCC(NC(=O)COc2cc(Cl)ccc2Cl)CC1. The van der Waals surface area contributed by atoms with Crippen LogP contribution in [0.3, 0.4) is 0 Å². The summed E-state index contributed by atoms with van der Waals surface area (Å²) in [5.41, 5.74) is 0. The van der Waals surface area contributed by atoms with E-state index < -0.39 is 0 Å². The highest BCUT2D eigenvalue weighted by Gasteiger charge is 2.24. The normalized spacial score (nSPS) is 15.0. The van der Waals surface area contributed by atoms with Gasteiger partial charge in [-0.3, -0.25) is 4.79 Å². The van der Waals surface area contributed by atoms with Crippen LogP contribution in [0, 0.1) is 0 Å². The Morgan fingerprint density at radius 2 is 2.00 bits per heavy atom. The summed E-state index contributed by atoms with van der Waals surface area (Å²) < 4.78 is 10.4. The molecule has 0 aromatic heterocycles. The van der Waals surface area contributed by atoms with Crippen LogP contribution >= 0.6 is 23.2 Å². The van der Waals surface area contributed by atoms with Crippen LogP contribution < -0.4 is 10.1 Å². The van der Waals surface area contributed by atoms with Gasteiger partial charge in [-0.1, -0.05) is 23.2 Å². The average molecular weight is 375 g/mol. The van der Waals surface area contributed by atoms with Crippen molar-refractivity contribution >= 4 is 35.2 Å². The standard InChI is InChI=1S/C16H20Cl2N2O4/c1-2-23-16(22)20-7-5-12(6-8-20)19-15(21)10-24-14-9-11(17)3-4-13(14)18/h3-4,9,12H,2,5-8,10H2,1H3,(H,19,21). The first kappa shape index (κ1) is 18.7. The van der Waals surface area contributed by atoms with Crippen molar-refractivity contribution in [2.45, 2.75) is 25.8 Å². The van der Waals surface area contributed by atoms with E-state index in [0.29, 0.717) is 48.3 Å². The zero-order valence-electron chi connectivity index (χ0n) is 13.4. The highest BCUT2D eigenvalue weighted by molar-refractivity contribution is 6.34. The van der Waals surface area contributed by atoms with Crippen molar-refractivity contribution in [1.82, 2.24) is 10.2 Å². The van der Waals surface area contributed by atoms with Gasteiger partial charge in [0.05, 0.1) is 11.6 Å². The van der Waals surface area contributed by atoms with Crippen LogP contribution in [0.5, 0.6) is 5.75 Å². The molecule has 24 heavy (non-hydrogen) atoms. The number of carbonyl (C=O) groups is 2. The molecule has 1 N–H and O–H groups in total. The Morgan fingerprint density at radius 3 is 2.67 bits per heavy atom. The minimum atomic E-state index is -0.304. The second kappa shape index (κ2) is 8.99. The summed E-state index contributed by atoms with van der Waals surface area (Å²) in [6, 6.07) is 4.84. The lowest BCUT2D eigenvalue weighted by Gasteiger charge is -2.31. The molecule has 0 radical (unpaired) electrons. The molecule has 0 bridgehead atoms. The predicted molar refractivity (Wildman–Crippen MR) is 91.7 cm³/mol. The van der Waals surface area contributed by atoms with Crippen molar-refractivity contribution < 1.29 is 19.1 Å². The fourth-order valence-electron chi connectivity index (χ4n) is 2.42. The van der Waals surface area contributed by atoms with Crippen LogP contribution in [0.1, 0.15) is 19.8 Å². The molecule has 0 unspecified atom stereocenters. The summed E-state index contributed by atoms with van der Waals surface area (Å²) >= 11 is 11.8. The smallest absolute Gasteiger partial charge is 0.409 e. The van der Waals surface area contributed by atoms with E-state index in [1.807, 2.05) is 0 Å². The maximum absolute atomic E-state index is 12.0. The lowest BCUT2D eigenvalue weighted by molar-refractivity contribution is -0.124. The second-order valence-corrected chi connectivity index (χ2v) is 6.23. The first-order chi connectivity index (χ1) is 11.5. The third kappa shape index (κ3) is 5.46. The van der Waals surface area contributed by atoms with Crippen molar-refractivity contribution in [3.8, 4) is 5.75 Å². The Bertz CT molecular complexity index is 589. The molecule has 1 fully saturated rings. The Balaban J connectivity index is 1.74. The summed E-state index contributed by atoms with van der Waals surface area (Å²) in [6.45, 7) is 3.11. The van der Waals surface area contributed by atoms with Gasteiger partial charge in [-0.25, -0.2) is 4.79 Å². The van der Waals surface area contributed by atoms with Gasteiger partial charge < -0.3 is 19.7 Å². The molecule has 0 aliphatic carbocycles. The molecule has 2 amide bonds. The van der Waals surface area contributed by atoms with E-state index in [-0.39, 0.29) is 24.6 Å². The fraction of sp³-hybridized carbons (Fsp3) is 0.500. The third-order valence-corrected chi connectivity index (χ3v) is 4.19. The molecule has 0 spiro atoms. The van der Waals surface area contributed by atoms with E-state index in [1.165, 1.54) is 0 Å². The monoisotopic (exact) mass is 374 g/mol. The molecule has 1 aliphatic rings. The predicted octanol–water partition coefficient (Wildman–Crippen LogP) is 3.11. The number of piperidine rings is 1.